The molecule has 1 heterocycles. The van der Waals surface area contributed by atoms with Gasteiger partial charge in [-0.05, 0) is 24.3 Å². The topological polar surface area (TPSA) is 63.2 Å². The second-order valence-electron chi connectivity index (χ2n) is 5.26. The van der Waals surface area contributed by atoms with Crippen molar-refractivity contribution in [3.63, 3.8) is 0 Å². The summed E-state index contributed by atoms with van der Waals surface area (Å²) in [6, 6.07) is 14.9. The number of thiazole rings is 1. The molecule has 0 fully saturated rings. The maximum absolute atomic E-state index is 11.5. The fourth-order valence-corrected chi connectivity index (χ4v) is 3.06. The molecule has 0 saturated heterocycles. The van der Waals surface area contributed by atoms with Gasteiger partial charge in [-0.3, -0.25) is 4.79 Å². The highest BCUT2D eigenvalue weighted by molar-refractivity contribution is 7.14. The molecular weight excluding hydrogens is 393 g/mol. The number of hydrogen-bond donors (Lipinski definition) is 2. The van der Waals surface area contributed by atoms with Gasteiger partial charge in [0.05, 0.1) is 12.8 Å². The number of nitrogens with zero attached hydrogens (tertiary/aromatic N) is 1. The summed E-state index contributed by atoms with van der Waals surface area (Å²) >= 11 is 12.6. The molecule has 3 rings (SSSR count). The quantitative estimate of drug-likeness (QED) is 0.543. The molecule has 3 aromatic rings. The van der Waals surface area contributed by atoms with Crippen LogP contribution in [0.1, 0.15) is 0 Å². The van der Waals surface area contributed by atoms with Gasteiger partial charge >= 0.3 is 0 Å². The van der Waals surface area contributed by atoms with E-state index >= 15 is 0 Å². The lowest BCUT2D eigenvalue weighted by Crippen LogP contribution is -2.18. The lowest BCUT2D eigenvalue weighted by atomic mass is 10.1. The summed E-state index contributed by atoms with van der Waals surface area (Å²) in [4.78, 5) is 15.0. The highest BCUT2D eigenvalue weighted by atomic mass is 35.5. The van der Waals surface area contributed by atoms with Crippen LogP contribution in [0.15, 0.2) is 53.9 Å². The first kappa shape index (κ1) is 18.5. The van der Waals surface area contributed by atoms with E-state index in [0.717, 1.165) is 27.8 Å². The van der Waals surface area contributed by atoms with Crippen LogP contribution in [-0.2, 0) is 4.79 Å². The molecule has 2 aromatic carbocycles. The number of rotatable bonds is 6. The van der Waals surface area contributed by atoms with E-state index in [1.54, 1.807) is 19.2 Å². The van der Waals surface area contributed by atoms with Gasteiger partial charge in [-0.1, -0.05) is 41.4 Å². The van der Waals surface area contributed by atoms with Crippen molar-refractivity contribution in [2.45, 2.75) is 4.84 Å². The van der Waals surface area contributed by atoms with Crippen LogP contribution < -0.4 is 15.4 Å². The Hall–Kier alpha value is -2.28. The first-order valence-corrected chi connectivity index (χ1v) is 9.36. The third-order valence-electron chi connectivity index (χ3n) is 3.47. The Balaban J connectivity index is 1.70. The molecule has 2 N–H and O–H groups in total. The monoisotopic (exact) mass is 407 g/mol. The third kappa shape index (κ3) is 4.66. The number of ether oxygens (including phenoxy) is 1. The SMILES string of the molecule is COc1cccc(Nc2nc(-c3ccc(NC(=O)C(Cl)Cl)cc3)cs2)c1. The lowest BCUT2D eigenvalue weighted by Gasteiger charge is -2.06. The summed E-state index contributed by atoms with van der Waals surface area (Å²) in [6.45, 7) is 0. The van der Waals surface area contributed by atoms with E-state index < -0.39 is 10.7 Å². The lowest BCUT2D eigenvalue weighted by molar-refractivity contribution is -0.114. The molecule has 0 bridgehead atoms. The van der Waals surface area contributed by atoms with E-state index in [9.17, 15) is 4.79 Å². The van der Waals surface area contributed by atoms with Gasteiger partial charge in [0.1, 0.15) is 5.75 Å². The van der Waals surface area contributed by atoms with Crippen molar-refractivity contribution in [2.75, 3.05) is 17.7 Å². The minimum atomic E-state index is -1.10. The van der Waals surface area contributed by atoms with E-state index in [0.29, 0.717) is 5.69 Å². The molecule has 0 aliphatic heterocycles. The zero-order valence-electron chi connectivity index (χ0n) is 13.7. The van der Waals surface area contributed by atoms with Crippen molar-refractivity contribution in [3.8, 4) is 17.0 Å². The molecule has 8 heteroatoms. The molecule has 0 radical (unpaired) electrons. The smallest absolute Gasteiger partial charge is 0.257 e. The molecular formula is C18H15Cl2N3O2S. The fourth-order valence-electron chi connectivity index (χ4n) is 2.21. The van der Waals surface area contributed by atoms with E-state index in [1.807, 2.05) is 41.8 Å². The summed E-state index contributed by atoms with van der Waals surface area (Å²) < 4.78 is 5.22. The first-order chi connectivity index (χ1) is 12.5. The summed E-state index contributed by atoms with van der Waals surface area (Å²) in [5.41, 5.74) is 3.30. The normalized spacial score (nSPS) is 10.6. The van der Waals surface area contributed by atoms with Gasteiger partial charge in [-0.15, -0.1) is 11.3 Å². The zero-order valence-corrected chi connectivity index (χ0v) is 16.0. The molecule has 0 aliphatic rings. The van der Waals surface area contributed by atoms with Gasteiger partial charge in [0.2, 0.25) is 0 Å². The number of aromatic nitrogens is 1. The molecule has 0 unspecified atom stereocenters. The van der Waals surface area contributed by atoms with Crippen LogP contribution in [0.2, 0.25) is 0 Å². The predicted octanol–water partition coefficient (Wildman–Crippen LogP) is 5.30. The molecule has 134 valence electrons. The Morgan fingerprint density at radius 1 is 1.15 bits per heavy atom. The highest BCUT2D eigenvalue weighted by Gasteiger charge is 2.11. The summed E-state index contributed by atoms with van der Waals surface area (Å²) in [6.07, 6.45) is 0. The van der Waals surface area contributed by atoms with Crippen molar-refractivity contribution in [1.82, 2.24) is 4.98 Å². The summed E-state index contributed by atoms with van der Waals surface area (Å²) in [5.74, 6) is 0.320. The number of hydrogen-bond acceptors (Lipinski definition) is 5. The maximum atomic E-state index is 11.5. The highest BCUT2D eigenvalue weighted by Crippen LogP contribution is 2.29. The van der Waals surface area contributed by atoms with Gasteiger partial charge in [-0.25, -0.2) is 4.98 Å². The number of anilines is 3. The molecule has 0 spiro atoms. The van der Waals surface area contributed by atoms with Crippen molar-refractivity contribution in [2.24, 2.45) is 0 Å². The Morgan fingerprint density at radius 3 is 2.62 bits per heavy atom. The van der Waals surface area contributed by atoms with Gasteiger partial charge in [0.15, 0.2) is 9.97 Å². The van der Waals surface area contributed by atoms with Crippen molar-refractivity contribution >= 4 is 57.0 Å². The Morgan fingerprint density at radius 2 is 1.92 bits per heavy atom. The van der Waals surface area contributed by atoms with E-state index in [4.69, 9.17) is 27.9 Å². The van der Waals surface area contributed by atoms with Crippen molar-refractivity contribution < 1.29 is 9.53 Å². The molecule has 0 aliphatic carbocycles. The van der Waals surface area contributed by atoms with Gasteiger partial charge in [-0.2, -0.15) is 0 Å². The van der Waals surface area contributed by atoms with Crippen molar-refractivity contribution in [3.05, 3.63) is 53.9 Å². The standard InChI is InChI=1S/C18H15Cl2N3O2S/c1-25-14-4-2-3-13(9-14)22-18-23-15(10-26-18)11-5-7-12(8-6-11)21-17(24)16(19)20/h2-10,16H,1H3,(H,21,24)(H,22,23). The second-order valence-corrected chi connectivity index (χ2v) is 7.22. The van der Waals surface area contributed by atoms with Gasteiger partial charge < -0.3 is 15.4 Å². The minimum absolute atomic E-state index is 0.459. The van der Waals surface area contributed by atoms with Gasteiger partial charge in [0.25, 0.3) is 5.91 Å². The van der Waals surface area contributed by atoms with Crippen LogP contribution in [0.25, 0.3) is 11.3 Å². The Bertz CT molecular complexity index is 897. The average Bonchev–Trinajstić information content (AvgIpc) is 3.11. The third-order valence-corrected chi connectivity index (χ3v) is 4.63. The number of benzene rings is 2. The van der Waals surface area contributed by atoms with E-state index in [-0.39, 0.29) is 0 Å². The maximum Gasteiger partial charge on any atom is 0.257 e. The number of nitrogens with one attached hydrogen (secondary N) is 2. The van der Waals surface area contributed by atoms with Crippen LogP contribution in [0.4, 0.5) is 16.5 Å². The van der Waals surface area contributed by atoms with E-state index in [2.05, 4.69) is 15.6 Å². The second kappa shape index (κ2) is 8.40. The number of methoxy groups -OCH3 is 1. The number of alkyl halides is 2. The van der Waals surface area contributed by atoms with Crippen LogP contribution >= 0.6 is 34.5 Å². The molecule has 0 atom stereocenters. The first-order valence-electron chi connectivity index (χ1n) is 7.61. The molecule has 5 nitrogen and oxygen atoms in total. The number of carbonyl (C=O) groups is 1. The zero-order chi connectivity index (χ0) is 18.5. The Labute approximate surface area is 164 Å². The van der Waals surface area contributed by atoms with Crippen LogP contribution in [0.3, 0.4) is 0 Å². The molecule has 26 heavy (non-hydrogen) atoms. The summed E-state index contributed by atoms with van der Waals surface area (Å²) in [7, 11) is 1.63. The van der Waals surface area contributed by atoms with Gasteiger partial charge in [0, 0.05) is 28.4 Å². The average molecular weight is 408 g/mol. The molecule has 0 saturated carbocycles. The predicted molar refractivity (Wildman–Crippen MR) is 108 cm³/mol. The molecule has 1 aromatic heterocycles. The largest absolute Gasteiger partial charge is 0.497 e. The number of carbonyl (C=O) groups excluding carboxylic acids is 1. The molecule has 1 amide bonds. The van der Waals surface area contributed by atoms with Crippen LogP contribution in [0, 0.1) is 0 Å². The minimum Gasteiger partial charge on any atom is -0.497 e. The Kier molecular flexibility index (Phi) is 5.98. The van der Waals surface area contributed by atoms with Crippen molar-refractivity contribution in [1.29, 1.82) is 0 Å². The number of halogens is 2. The summed E-state index contributed by atoms with van der Waals surface area (Å²) in [5, 5.41) is 8.62. The number of amides is 1. The fraction of sp³-hybridized carbons (Fsp3) is 0.111. The van der Waals surface area contributed by atoms with E-state index in [1.165, 1.54) is 11.3 Å². The van der Waals surface area contributed by atoms with Crippen LogP contribution in [-0.4, -0.2) is 22.8 Å². The van der Waals surface area contributed by atoms with Crippen LogP contribution in [0.5, 0.6) is 5.75 Å².